The topological polar surface area (TPSA) is 29.3 Å². The van der Waals surface area contributed by atoms with E-state index in [1.165, 1.54) is 5.57 Å². The number of hydrogen-bond acceptors (Lipinski definition) is 2. The summed E-state index contributed by atoms with van der Waals surface area (Å²) in [7, 11) is 1.99. The number of hydrogen-bond donors (Lipinski definition) is 1. The van der Waals surface area contributed by atoms with Crippen LogP contribution in [0.3, 0.4) is 0 Å². The molecule has 0 aromatic heterocycles. The third-order valence-electron chi connectivity index (χ3n) is 3.61. The van der Waals surface area contributed by atoms with E-state index in [1.807, 2.05) is 13.1 Å². The Labute approximate surface area is 102 Å². The van der Waals surface area contributed by atoms with Gasteiger partial charge in [0.1, 0.15) is 5.82 Å². The molecule has 1 heterocycles. The number of nitrogens with two attached hydrogens (primary N) is 1. The smallest absolute Gasteiger partial charge is 0.129 e. The van der Waals surface area contributed by atoms with Crippen molar-refractivity contribution in [1.82, 2.24) is 0 Å². The van der Waals surface area contributed by atoms with Crippen molar-refractivity contribution in [3.05, 3.63) is 35.2 Å². The van der Waals surface area contributed by atoms with Gasteiger partial charge in [-0.1, -0.05) is 6.08 Å². The zero-order valence-corrected chi connectivity index (χ0v) is 10.8. The van der Waals surface area contributed by atoms with E-state index < -0.39 is 0 Å². The highest BCUT2D eigenvalue weighted by atomic mass is 19.1. The van der Waals surface area contributed by atoms with Crippen LogP contribution in [0.4, 0.5) is 10.1 Å². The van der Waals surface area contributed by atoms with Crippen LogP contribution in [0.5, 0.6) is 0 Å². The maximum Gasteiger partial charge on any atom is 0.129 e. The van der Waals surface area contributed by atoms with Gasteiger partial charge < -0.3 is 10.6 Å². The van der Waals surface area contributed by atoms with Gasteiger partial charge in [-0.15, -0.1) is 0 Å². The first-order valence-electron chi connectivity index (χ1n) is 5.83. The zero-order chi connectivity index (χ0) is 12.8. The summed E-state index contributed by atoms with van der Waals surface area (Å²) in [6, 6.07) is 3.46. The maximum absolute atomic E-state index is 13.8. The normalized spacial score (nSPS) is 17.8. The molecule has 1 aliphatic rings. The number of allylic oxidation sites excluding steroid dienone is 1. The van der Waals surface area contributed by atoms with E-state index in [0.717, 1.165) is 11.3 Å². The van der Waals surface area contributed by atoms with Gasteiger partial charge in [0.05, 0.1) is 5.54 Å². The Balaban J connectivity index is 2.66. The van der Waals surface area contributed by atoms with Crippen LogP contribution in [0.2, 0.25) is 0 Å². The third kappa shape index (κ3) is 1.84. The summed E-state index contributed by atoms with van der Waals surface area (Å²) in [4.78, 5) is 2.10. The van der Waals surface area contributed by atoms with E-state index in [4.69, 9.17) is 5.73 Å². The summed E-state index contributed by atoms with van der Waals surface area (Å²) in [5.74, 6) is -0.219. The second-order valence-electron chi connectivity index (χ2n) is 5.20. The van der Waals surface area contributed by atoms with Crippen LogP contribution < -0.4 is 10.6 Å². The molecular weight excluding hydrogens is 215 g/mol. The number of anilines is 1. The lowest BCUT2D eigenvalue weighted by Crippen LogP contribution is -2.42. The highest BCUT2D eigenvalue weighted by Gasteiger charge is 2.29. The molecule has 1 aliphatic heterocycles. The molecule has 2 N–H and O–H groups in total. The van der Waals surface area contributed by atoms with Crippen molar-refractivity contribution >= 4 is 11.3 Å². The second-order valence-corrected chi connectivity index (χ2v) is 5.20. The SMILES string of the molecule is CC1=CC(C)(C)N(C)c2cc(F)c(CN)cc21. The van der Waals surface area contributed by atoms with Gasteiger partial charge in [0.25, 0.3) is 0 Å². The largest absolute Gasteiger partial charge is 0.365 e. The molecule has 0 saturated heterocycles. The van der Waals surface area contributed by atoms with Crippen LogP contribution >= 0.6 is 0 Å². The molecule has 0 atom stereocenters. The molecule has 0 amide bonds. The fourth-order valence-corrected chi connectivity index (χ4v) is 2.37. The van der Waals surface area contributed by atoms with E-state index in [1.54, 1.807) is 6.07 Å². The van der Waals surface area contributed by atoms with E-state index in [0.29, 0.717) is 5.56 Å². The molecule has 3 heteroatoms. The van der Waals surface area contributed by atoms with Gasteiger partial charge in [-0.3, -0.25) is 0 Å². The third-order valence-corrected chi connectivity index (χ3v) is 3.61. The number of halogens is 1. The average Bonchev–Trinajstić information content (AvgIpc) is 2.25. The lowest BCUT2D eigenvalue weighted by molar-refractivity contribution is 0.584. The minimum absolute atomic E-state index is 0.0895. The fraction of sp³-hybridized carbons (Fsp3) is 0.429. The Morgan fingerprint density at radius 2 is 2.00 bits per heavy atom. The summed E-state index contributed by atoms with van der Waals surface area (Å²) in [6.07, 6.45) is 2.20. The van der Waals surface area contributed by atoms with Gasteiger partial charge >= 0.3 is 0 Å². The Bertz CT molecular complexity index is 489. The second kappa shape index (κ2) is 3.84. The first kappa shape index (κ1) is 12.1. The van der Waals surface area contributed by atoms with Crippen molar-refractivity contribution in [3.8, 4) is 0 Å². The van der Waals surface area contributed by atoms with Crippen molar-refractivity contribution in [2.75, 3.05) is 11.9 Å². The summed E-state index contributed by atoms with van der Waals surface area (Å²) in [5, 5.41) is 0. The molecular formula is C14H19FN2. The van der Waals surface area contributed by atoms with Crippen molar-refractivity contribution in [2.24, 2.45) is 5.73 Å². The lowest BCUT2D eigenvalue weighted by atomic mass is 9.88. The van der Waals surface area contributed by atoms with Crippen molar-refractivity contribution in [2.45, 2.75) is 32.9 Å². The lowest BCUT2D eigenvalue weighted by Gasteiger charge is -2.40. The van der Waals surface area contributed by atoms with E-state index >= 15 is 0 Å². The number of likely N-dealkylation sites (N-methyl/N-ethyl adjacent to an activating group) is 1. The molecule has 2 nitrogen and oxygen atoms in total. The molecule has 17 heavy (non-hydrogen) atoms. The first-order valence-corrected chi connectivity index (χ1v) is 5.83. The Morgan fingerprint density at radius 1 is 1.35 bits per heavy atom. The maximum atomic E-state index is 13.8. The molecule has 1 aromatic rings. The van der Waals surface area contributed by atoms with Crippen molar-refractivity contribution in [1.29, 1.82) is 0 Å². The van der Waals surface area contributed by atoms with Gasteiger partial charge in [-0.25, -0.2) is 4.39 Å². The molecule has 2 rings (SSSR count). The molecule has 0 radical (unpaired) electrons. The van der Waals surface area contributed by atoms with Gasteiger partial charge in [0.15, 0.2) is 0 Å². The molecule has 1 aromatic carbocycles. The zero-order valence-electron chi connectivity index (χ0n) is 10.8. The molecule has 0 fully saturated rings. The van der Waals surface area contributed by atoms with Gasteiger partial charge in [-0.05, 0) is 38.5 Å². The number of benzene rings is 1. The predicted octanol–water partition coefficient (Wildman–Crippen LogP) is 2.92. The van der Waals surface area contributed by atoms with Crippen molar-refractivity contribution < 1.29 is 4.39 Å². The van der Waals surface area contributed by atoms with Gasteiger partial charge in [-0.2, -0.15) is 0 Å². The predicted molar refractivity (Wildman–Crippen MR) is 70.4 cm³/mol. The quantitative estimate of drug-likeness (QED) is 0.809. The monoisotopic (exact) mass is 234 g/mol. The van der Waals surface area contributed by atoms with Gasteiger partial charge in [0.2, 0.25) is 0 Å². The Kier molecular flexibility index (Phi) is 2.74. The molecule has 0 bridgehead atoms. The fourth-order valence-electron chi connectivity index (χ4n) is 2.37. The van der Waals surface area contributed by atoms with Crippen LogP contribution in [0.15, 0.2) is 18.2 Å². The van der Waals surface area contributed by atoms with Crippen LogP contribution in [-0.2, 0) is 6.54 Å². The summed E-state index contributed by atoms with van der Waals surface area (Å²) in [6.45, 7) is 6.54. The van der Waals surface area contributed by atoms with E-state index in [2.05, 4.69) is 31.7 Å². The molecule has 92 valence electrons. The van der Waals surface area contributed by atoms with Crippen LogP contribution in [-0.4, -0.2) is 12.6 Å². The van der Waals surface area contributed by atoms with E-state index in [-0.39, 0.29) is 17.9 Å². The first-order chi connectivity index (χ1) is 7.86. The highest BCUT2D eigenvalue weighted by Crippen LogP contribution is 2.38. The minimum atomic E-state index is -0.219. The molecule has 0 spiro atoms. The van der Waals surface area contributed by atoms with Gasteiger partial charge in [0, 0.05) is 30.4 Å². The molecule has 0 unspecified atom stereocenters. The number of fused-ring (bicyclic) bond motifs is 1. The molecule has 0 saturated carbocycles. The molecule has 0 aliphatic carbocycles. The number of rotatable bonds is 1. The van der Waals surface area contributed by atoms with Crippen molar-refractivity contribution in [3.63, 3.8) is 0 Å². The van der Waals surface area contributed by atoms with Crippen LogP contribution in [0, 0.1) is 5.82 Å². The average molecular weight is 234 g/mol. The van der Waals surface area contributed by atoms with Crippen LogP contribution in [0.1, 0.15) is 31.9 Å². The van der Waals surface area contributed by atoms with Crippen LogP contribution in [0.25, 0.3) is 5.57 Å². The highest BCUT2D eigenvalue weighted by molar-refractivity contribution is 5.81. The Hall–Kier alpha value is -1.35. The summed E-state index contributed by atoms with van der Waals surface area (Å²) < 4.78 is 13.8. The minimum Gasteiger partial charge on any atom is -0.365 e. The number of nitrogens with zero attached hydrogens (tertiary/aromatic N) is 1. The standard InChI is InChI=1S/C14H19FN2/c1-9-7-14(2,3)17(4)13-6-12(15)10(8-16)5-11(9)13/h5-7H,8,16H2,1-4H3. The Morgan fingerprint density at radius 3 is 2.59 bits per heavy atom. The summed E-state index contributed by atoms with van der Waals surface area (Å²) in [5.41, 5.74) is 9.22. The van der Waals surface area contributed by atoms with E-state index in [9.17, 15) is 4.39 Å². The summed E-state index contributed by atoms with van der Waals surface area (Å²) >= 11 is 0.